The first-order chi connectivity index (χ1) is 12.7. The number of rotatable bonds is 6. The number of carbonyl (C=O) groups excluding carboxylic acids is 1. The molecule has 0 spiro atoms. The minimum Gasteiger partial charge on any atom is -0.460 e. The molecule has 1 amide bonds. The number of hydrogen-bond donors (Lipinski definition) is 1. The third-order valence-corrected chi connectivity index (χ3v) is 5.07. The molecule has 1 N–H and O–H groups in total. The predicted molar refractivity (Wildman–Crippen MR) is 101 cm³/mol. The van der Waals surface area contributed by atoms with Gasteiger partial charge in [0.2, 0.25) is 5.91 Å². The molecule has 0 saturated carbocycles. The molecule has 0 aliphatic heterocycles. The Morgan fingerprint density at radius 2 is 2.08 bits per heavy atom. The number of aryl methyl sites for hydroxylation is 1. The zero-order valence-corrected chi connectivity index (χ0v) is 15.1. The van der Waals surface area contributed by atoms with E-state index in [4.69, 9.17) is 4.42 Å². The Kier molecular flexibility index (Phi) is 4.62. The van der Waals surface area contributed by atoms with E-state index in [1.165, 1.54) is 17.3 Å². The van der Waals surface area contributed by atoms with Gasteiger partial charge in [0.15, 0.2) is 5.58 Å². The summed E-state index contributed by atoms with van der Waals surface area (Å²) in [6.45, 7) is 2.53. The van der Waals surface area contributed by atoms with Gasteiger partial charge in [-0.15, -0.1) is 10.2 Å². The van der Waals surface area contributed by atoms with Crippen molar-refractivity contribution in [2.24, 2.45) is 0 Å². The number of nitrogens with zero attached hydrogens (tertiary/aromatic N) is 3. The average Bonchev–Trinajstić information content (AvgIpc) is 3.17. The average molecular weight is 366 g/mol. The van der Waals surface area contributed by atoms with Gasteiger partial charge in [0.1, 0.15) is 17.1 Å². The molecule has 0 aliphatic carbocycles. The number of amides is 1. The number of thioether (sulfide) groups is 1. The smallest absolute Gasteiger partial charge is 0.230 e. The number of furan rings is 1. The molecule has 0 unspecified atom stereocenters. The lowest BCUT2D eigenvalue weighted by molar-refractivity contribution is -0.118. The maximum Gasteiger partial charge on any atom is 0.230 e. The Hall–Kier alpha value is -2.80. The summed E-state index contributed by atoms with van der Waals surface area (Å²) in [5, 5.41) is 11.9. The number of benzene rings is 1. The Morgan fingerprint density at radius 1 is 1.23 bits per heavy atom. The highest BCUT2D eigenvalue weighted by Gasteiger charge is 2.13. The van der Waals surface area contributed by atoms with Gasteiger partial charge in [-0.1, -0.05) is 42.1 Å². The van der Waals surface area contributed by atoms with Crippen LogP contribution in [0.25, 0.3) is 16.6 Å². The van der Waals surface area contributed by atoms with Gasteiger partial charge in [-0.2, -0.15) is 0 Å². The van der Waals surface area contributed by atoms with Crippen LogP contribution in [0.3, 0.4) is 0 Å². The molecule has 26 heavy (non-hydrogen) atoms. The molecule has 0 bridgehead atoms. The van der Waals surface area contributed by atoms with Crippen LogP contribution >= 0.6 is 11.8 Å². The zero-order chi connectivity index (χ0) is 17.9. The van der Waals surface area contributed by atoms with Gasteiger partial charge in [0, 0.05) is 18.7 Å². The van der Waals surface area contributed by atoms with Crippen LogP contribution in [0.15, 0.2) is 58.2 Å². The van der Waals surface area contributed by atoms with E-state index in [9.17, 15) is 4.79 Å². The molecule has 7 heteroatoms. The summed E-state index contributed by atoms with van der Waals surface area (Å²) in [6, 6.07) is 14.0. The third kappa shape index (κ3) is 3.43. The van der Waals surface area contributed by atoms with Crippen LogP contribution < -0.4 is 5.32 Å². The molecule has 132 valence electrons. The lowest BCUT2D eigenvalue weighted by Gasteiger charge is -2.06. The summed E-state index contributed by atoms with van der Waals surface area (Å²) in [4.78, 5) is 12.1. The molecule has 3 aromatic heterocycles. The molecule has 0 atom stereocenters. The first-order valence-electron chi connectivity index (χ1n) is 8.37. The highest BCUT2D eigenvalue weighted by atomic mass is 32.2. The van der Waals surface area contributed by atoms with Crippen molar-refractivity contribution in [2.75, 3.05) is 12.3 Å². The van der Waals surface area contributed by atoms with Gasteiger partial charge in [0.05, 0.1) is 16.8 Å². The number of aromatic nitrogens is 3. The van der Waals surface area contributed by atoms with Crippen LogP contribution in [0.4, 0.5) is 0 Å². The zero-order valence-electron chi connectivity index (χ0n) is 14.3. The molecule has 0 fully saturated rings. The highest BCUT2D eigenvalue weighted by molar-refractivity contribution is 8.00. The first kappa shape index (κ1) is 16.7. The minimum atomic E-state index is -0.0131. The van der Waals surface area contributed by atoms with E-state index in [2.05, 4.69) is 27.6 Å². The second-order valence-corrected chi connectivity index (χ2v) is 6.98. The fourth-order valence-electron chi connectivity index (χ4n) is 2.88. The van der Waals surface area contributed by atoms with Crippen molar-refractivity contribution in [1.82, 2.24) is 19.9 Å². The van der Waals surface area contributed by atoms with E-state index in [0.29, 0.717) is 12.3 Å². The van der Waals surface area contributed by atoms with Crippen LogP contribution in [0.1, 0.15) is 11.3 Å². The first-order valence-corrected chi connectivity index (χ1v) is 9.35. The van der Waals surface area contributed by atoms with Crippen molar-refractivity contribution in [2.45, 2.75) is 18.4 Å². The number of carbonyl (C=O) groups is 1. The Balaban J connectivity index is 1.38. The number of nitrogens with one attached hydrogen (secondary N) is 1. The van der Waals surface area contributed by atoms with Crippen LogP contribution in [0.2, 0.25) is 0 Å². The van der Waals surface area contributed by atoms with Crippen molar-refractivity contribution in [3.8, 4) is 0 Å². The predicted octanol–water partition coefficient (Wildman–Crippen LogP) is 3.23. The van der Waals surface area contributed by atoms with Crippen LogP contribution in [-0.2, 0) is 11.2 Å². The lowest BCUT2D eigenvalue weighted by atomic mass is 10.1. The van der Waals surface area contributed by atoms with E-state index in [-0.39, 0.29) is 5.91 Å². The van der Waals surface area contributed by atoms with Gasteiger partial charge >= 0.3 is 0 Å². The summed E-state index contributed by atoms with van der Waals surface area (Å²) in [7, 11) is 0. The molecule has 0 saturated heterocycles. The molecular weight excluding hydrogens is 348 g/mol. The summed E-state index contributed by atoms with van der Waals surface area (Å²) >= 11 is 1.38. The van der Waals surface area contributed by atoms with Crippen LogP contribution in [-0.4, -0.2) is 32.8 Å². The fourth-order valence-corrected chi connectivity index (χ4v) is 3.66. The topological polar surface area (TPSA) is 72.4 Å². The van der Waals surface area contributed by atoms with Crippen molar-refractivity contribution in [3.63, 3.8) is 0 Å². The van der Waals surface area contributed by atoms with Gasteiger partial charge in [-0.05, 0) is 18.9 Å². The monoisotopic (exact) mass is 366 g/mol. The maximum absolute atomic E-state index is 12.1. The van der Waals surface area contributed by atoms with E-state index in [0.717, 1.165) is 33.8 Å². The quantitative estimate of drug-likeness (QED) is 0.531. The summed E-state index contributed by atoms with van der Waals surface area (Å²) in [6.07, 6.45) is 2.48. The Bertz CT molecular complexity index is 1060. The Morgan fingerprint density at radius 3 is 2.92 bits per heavy atom. The molecule has 1 aromatic carbocycles. The van der Waals surface area contributed by atoms with Gasteiger partial charge < -0.3 is 9.73 Å². The molecule has 4 rings (SSSR count). The van der Waals surface area contributed by atoms with Gasteiger partial charge in [0.25, 0.3) is 0 Å². The highest BCUT2D eigenvalue weighted by Crippen LogP contribution is 2.28. The normalized spacial score (nSPS) is 11.3. The molecule has 0 aliphatic rings. The van der Waals surface area contributed by atoms with Crippen molar-refractivity contribution in [3.05, 3.63) is 60.1 Å². The van der Waals surface area contributed by atoms with Crippen molar-refractivity contribution in [1.29, 1.82) is 0 Å². The van der Waals surface area contributed by atoms with E-state index >= 15 is 0 Å². The van der Waals surface area contributed by atoms with Crippen molar-refractivity contribution < 1.29 is 9.21 Å². The second kappa shape index (κ2) is 7.21. The fraction of sp³-hybridized carbons (Fsp3) is 0.211. The second-order valence-electron chi connectivity index (χ2n) is 6.02. The molecule has 0 radical (unpaired) electrons. The Labute approximate surface area is 154 Å². The van der Waals surface area contributed by atoms with Crippen LogP contribution in [0, 0.1) is 6.92 Å². The standard InChI is InChI=1S/C19H18N4O2S/c1-13-9-15-17(25-13)10-16-19(22-21-12-23(15)16)26-11-18(24)20-8-7-14-5-3-2-4-6-14/h2-6,9-10,12H,7-8,11H2,1H3,(H,20,24). The molecular formula is C19H18N4O2S. The molecule has 3 heterocycles. The van der Waals surface area contributed by atoms with E-state index < -0.39 is 0 Å². The minimum absolute atomic E-state index is 0.0131. The number of fused-ring (bicyclic) bond motifs is 3. The summed E-state index contributed by atoms with van der Waals surface area (Å²) in [5.74, 6) is 1.14. The number of hydrogen-bond acceptors (Lipinski definition) is 5. The van der Waals surface area contributed by atoms with Crippen molar-refractivity contribution >= 4 is 34.3 Å². The van der Waals surface area contributed by atoms with Crippen LogP contribution in [0.5, 0.6) is 0 Å². The SMILES string of the molecule is Cc1cc2c(cc3c(SCC(=O)NCCc4ccccc4)nncn32)o1. The summed E-state index contributed by atoms with van der Waals surface area (Å²) in [5.41, 5.74) is 3.87. The lowest BCUT2D eigenvalue weighted by Crippen LogP contribution is -2.27. The van der Waals surface area contributed by atoms with E-state index in [1.54, 1.807) is 6.33 Å². The van der Waals surface area contributed by atoms with E-state index in [1.807, 2.05) is 41.7 Å². The molecule has 6 nitrogen and oxygen atoms in total. The summed E-state index contributed by atoms with van der Waals surface area (Å²) < 4.78 is 7.60. The van der Waals surface area contributed by atoms with Gasteiger partial charge in [-0.3, -0.25) is 9.20 Å². The third-order valence-electron chi connectivity index (χ3n) is 4.10. The maximum atomic E-state index is 12.1. The largest absolute Gasteiger partial charge is 0.460 e. The molecule has 4 aromatic rings. The van der Waals surface area contributed by atoms with Gasteiger partial charge in [-0.25, -0.2) is 0 Å².